The second-order valence-electron chi connectivity index (χ2n) is 3.56. The molecule has 3 heteroatoms. The third-order valence-corrected chi connectivity index (χ3v) is 2.38. The number of fused-ring (bicyclic) bond motifs is 1. The molecular formula is C13H10O3. The van der Waals surface area contributed by atoms with Crippen molar-refractivity contribution in [3.8, 4) is 0 Å². The Morgan fingerprint density at radius 1 is 1.00 bits per heavy atom. The Kier molecular flexibility index (Phi) is 2.68. The van der Waals surface area contributed by atoms with Crippen LogP contribution in [0, 0.1) is 0 Å². The molecule has 2 aromatic rings. The molecule has 0 aliphatic rings. The van der Waals surface area contributed by atoms with Gasteiger partial charge in [-0.3, -0.25) is 9.59 Å². The van der Waals surface area contributed by atoms with Gasteiger partial charge in [-0.2, -0.15) is 0 Å². The van der Waals surface area contributed by atoms with E-state index in [1.165, 1.54) is 0 Å². The van der Waals surface area contributed by atoms with Gasteiger partial charge in [0.1, 0.15) is 6.42 Å². The van der Waals surface area contributed by atoms with Crippen molar-refractivity contribution in [1.82, 2.24) is 0 Å². The van der Waals surface area contributed by atoms with Crippen LogP contribution in [0.5, 0.6) is 0 Å². The van der Waals surface area contributed by atoms with Crippen LogP contribution in [0.2, 0.25) is 0 Å². The largest absolute Gasteiger partial charge is 0.481 e. The molecule has 16 heavy (non-hydrogen) atoms. The number of carbonyl (C=O) groups is 2. The highest BCUT2D eigenvalue weighted by molar-refractivity contribution is 6.07. The summed E-state index contributed by atoms with van der Waals surface area (Å²) < 4.78 is 0. The average molecular weight is 214 g/mol. The molecule has 2 rings (SSSR count). The average Bonchev–Trinajstić information content (AvgIpc) is 2.27. The number of carboxylic acid groups (broad SMARTS) is 1. The molecule has 0 saturated carbocycles. The first-order valence-corrected chi connectivity index (χ1v) is 4.90. The normalized spacial score (nSPS) is 10.2. The highest BCUT2D eigenvalue weighted by atomic mass is 16.4. The van der Waals surface area contributed by atoms with E-state index in [-0.39, 0.29) is 5.78 Å². The molecule has 0 saturated heterocycles. The van der Waals surface area contributed by atoms with Crippen LogP contribution in [0.1, 0.15) is 16.8 Å². The van der Waals surface area contributed by atoms with Crippen LogP contribution in [-0.4, -0.2) is 16.9 Å². The minimum Gasteiger partial charge on any atom is -0.481 e. The Morgan fingerprint density at radius 2 is 1.69 bits per heavy atom. The summed E-state index contributed by atoms with van der Waals surface area (Å²) in [4.78, 5) is 21.9. The van der Waals surface area contributed by atoms with E-state index in [0.717, 1.165) is 10.8 Å². The molecule has 0 spiro atoms. The monoisotopic (exact) mass is 214 g/mol. The third kappa shape index (κ3) is 2.08. The molecular weight excluding hydrogens is 204 g/mol. The van der Waals surface area contributed by atoms with Gasteiger partial charge in [-0.15, -0.1) is 0 Å². The van der Waals surface area contributed by atoms with Gasteiger partial charge in [-0.25, -0.2) is 0 Å². The number of aliphatic carboxylic acids is 1. The summed E-state index contributed by atoms with van der Waals surface area (Å²) in [5.41, 5.74) is 0.445. The van der Waals surface area contributed by atoms with E-state index < -0.39 is 12.4 Å². The maximum atomic E-state index is 11.5. The van der Waals surface area contributed by atoms with Gasteiger partial charge in [0.2, 0.25) is 0 Å². The molecule has 80 valence electrons. The van der Waals surface area contributed by atoms with Crippen LogP contribution in [0.3, 0.4) is 0 Å². The molecule has 2 aromatic carbocycles. The van der Waals surface area contributed by atoms with E-state index in [0.29, 0.717) is 5.56 Å². The number of benzene rings is 2. The number of hydrogen-bond acceptors (Lipinski definition) is 2. The SMILES string of the molecule is O=C(O)CC(=O)c1ccc2ccccc2c1. The lowest BCUT2D eigenvalue weighted by Crippen LogP contribution is -2.06. The minimum absolute atomic E-state index is 0.363. The summed E-state index contributed by atoms with van der Waals surface area (Å²) in [6, 6.07) is 12.8. The summed E-state index contributed by atoms with van der Waals surface area (Å²) in [5, 5.41) is 10.5. The first-order valence-electron chi connectivity index (χ1n) is 4.90. The zero-order chi connectivity index (χ0) is 11.5. The summed E-state index contributed by atoms with van der Waals surface area (Å²) in [7, 11) is 0. The van der Waals surface area contributed by atoms with Crippen LogP contribution < -0.4 is 0 Å². The second-order valence-corrected chi connectivity index (χ2v) is 3.56. The van der Waals surface area contributed by atoms with Crippen molar-refractivity contribution < 1.29 is 14.7 Å². The zero-order valence-corrected chi connectivity index (χ0v) is 8.51. The topological polar surface area (TPSA) is 54.4 Å². The van der Waals surface area contributed by atoms with Crippen LogP contribution in [0.25, 0.3) is 10.8 Å². The number of Topliss-reactive ketones (excluding diaryl/α,β-unsaturated/α-hetero) is 1. The van der Waals surface area contributed by atoms with Gasteiger partial charge in [0, 0.05) is 5.56 Å². The van der Waals surface area contributed by atoms with Gasteiger partial charge >= 0.3 is 5.97 Å². The van der Waals surface area contributed by atoms with Crippen LogP contribution in [0.15, 0.2) is 42.5 Å². The maximum absolute atomic E-state index is 11.5. The second kappa shape index (κ2) is 4.14. The van der Waals surface area contributed by atoms with Crippen molar-refractivity contribution in [3.05, 3.63) is 48.0 Å². The van der Waals surface area contributed by atoms with Crippen LogP contribution >= 0.6 is 0 Å². The first-order chi connectivity index (χ1) is 7.66. The molecule has 0 aromatic heterocycles. The quantitative estimate of drug-likeness (QED) is 0.630. The smallest absolute Gasteiger partial charge is 0.311 e. The predicted octanol–water partition coefficient (Wildman–Crippen LogP) is 2.50. The van der Waals surface area contributed by atoms with E-state index in [1.54, 1.807) is 12.1 Å². The lowest BCUT2D eigenvalue weighted by molar-refractivity contribution is -0.135. The van der Waals surface area contributed by atoms with Crippen molar-refractivity contribution in [2.75, 3.05) is 0 Å². The summed E-state index contributed by atoms with van der Waals surface area (Å²) in [6.45, 7) is 0. The van der Waals surface area contributed by atoms with Gasteiger partial charge in [0.25, 0.3) is 0 Å². The van der Waals surface area contributed by atoms with Gasteiger partial charge in [-0.05, 0) is 16.8 Å². The molecule has 0 fully saturated rings. The molecule has 0 aliphatic carbocycles. The highest BCUT2D eigenvalue weighted by Crippen LogP contribution is 2.16. The number of rotatable bonds is 3. The van der Waals surface area contributed by atoms with Crippen molar-refractivity contribution in [2.45, 2.75) is 6.42 Å². The Morgan fingerprint density at radius 3 is 2.38 bits per heavy atom. The Hall–Kier alpha value is -2.16. The number of hydrogen-bond donors (Lipinski definition) is 1. The van der Waals surface area contributed by atoms with E-state index >= 15 is 0 Å². The van der Waals surface area contributed by atoms with E-state index in [1.807, 2.05) is 30.3 Å². The Balaban J connectivity index is 2.39. The molecule has 3 nitrogen and oxygen atoms in total. The highest BCUT2D eigenvalue weighted by Gasteiger charge is 2.10. The standard InChI is InChI=1S/C13H10O3/c14-12(8-13(15)16)11-6-5-9-3-1-2-4-10(9)7-11/h1-7H,8H2,(H,15,16). The lowest BCUT2D eigenvalue weighted by atomic mass is 10.0. The Labute approximate surface area is 92.3 Å². The fourth-order valence-corrected chi connectivity index (χ4v) is 1.60. The molecule has 0 radical (unpaired) electrons. The van der Waals surface area contributed by atoms with E-state index in [9.17, 15) is 9.59 Å². The molecule has 0 bridgehead atoms. The first kappa shape index (κ1) is 10.4. The molecule has 0 heterocycles. The summed E-state index contributed by atoms with van der Waals surface area (Å²) in [5.74, 6) is -1.46. The molecule has 1 N–H and O–H groups in total. The molecule has 0 amide bonds. The van der Waals surface area contributed by atoms with Crippen molar-refractivity contribution in [2.24, 2.45) is 0 Å². The third-order valence-electron chi connectivity index (χ3n) is 2.38. The van der Waals surface area contributed by atoms with Crippen molar-refractivity contribution in [3.63, 3.8) is 0 Å². The van der Waals surface area contributed by atoms with Crippen LogP contribution in [0.4, 0.5) is 0 Å². The summed E-state index contributed by atoms with van der Waals surface area (Å²) in [6.07, 6.45) is -0.460. The zero-order valence-electron chi connectivity index (χ0n) is 8.51. The minimum atomic E-state index is -1.10. The van der Waals surface area contributed by atoms with Crippen molar-refractivity contribution >= 4 is 22.5 Å². The van der Waals surface area contributed by atoms with Gasteiger partial charge < -0.3 is 5.11 Å². The number of ketones is 1. The lowest BCUT2D eigenvalue weighted by Gasteiger charge is -2.01. The number of carboxylic acids is 1. The van der Waals surface area contributed by atoms with E-state index in [2.05, 4.69) is 0 Å². The molecule has 0 atom stereocenters. The number of carbonyl (C=O) groups excluding carboxylic acids is 1. The molecule has 0 aliphatic heterocycles. The van der Waals surface area contributed by atoms with E-state index in [4.69, 9.17) is 5.11 Å². The van der Waals surface area contributed by atoms with Gasteiger partial charge in [0.05, 0.1) is 0 Å². The van der Waals surface area contributed by atoms with Crippen molar-refractivity contribution in [1.29, 1.82) is 0 Å². The fraction of sp³-hybridized carbons (Fsp3) is 0.0769. The Bertz CT molecular complexity index is 558. The van der Waals surface area contributed by atoms with Crippen LogP contribution in [-0.2, 0) is 4.79 Å². The fourth-order valence-electron chi connectivity index (χ4n) is 1.60. The summed E-state index contributed by atoms with van der Waals surface area (Å²) >= 11 is 0. The predicted molar refractivity (Wildman–Crippen MR) is 60.5 cm³/mol. The molecule has 0 unspecified atom stereocenters. The maximum Gasteiger partial charge on any atom is 0.311 e. The van der Waals surface area contributed by atoms with Gasteiger partial charge in [0.15, 0.2) is 5.78 Å². The van der Waals surface area contributed by atoms with Gasteiger partial charge in [-0.1, -0.05) is 36.4 Å².